The second-order valence-electron chi connectivity index (χ2n) is 3.01. The first kappa shape index (κ1) is 8.56. The Hall–Kier alpha value is -1.03. The molecule has 3 nitrogen and oxygen atoms in total. The lowest BCUT2D eigenvalue weighted by molar-refractivity contribution is -0.116. The molecule has 0 aromatic heterocycles. The minimum Gasteiger partial charge on any atom is -0.508 e. The molecule has 0 bridgehead atoms. The number of aromatic hydroxyl groups is 1. The van der Waals surface area contributed by atoms with Gasteiger partial charge in [-0.1, -0.05) is 0 Å². The SMILES string of the molecule is O=C1CCc2cc(O)cc(Br)c2N1. The molecule has 1 aromatic carbocycles. The van der Waals surface area contributed by atoms with E-state index in [1.807, 2.05) is 0 Å². The van der Waals surface area contributed by atoms with Crippen molar-refractivity contribution in [3.8, 4) is 5.75 Å². The molecule has 4 heteroatoms. The van der Waals surface area contributed by atoms with Gasteiger partial charge in [-0.25, -0.2) is 0 Å². The zero-order valence-electron chi connectivity index (χ0n) is 6.80. The van der Waals surface area contributed by atoms with Gasteiger partial charge in [0.1, 0.15) is 5.75 Å². The molecule has 2 N–H and O–H groups in total. The van der Waals surface area contributed by atoms with Crippen LogP contribution in [0.2, 0.25) is 0 Å². The van der Waals surface area contributed by atoms with Crippen molar-refractivity contribution in [1.29, 1.82) is 0 Å². The minimum atomic E-state index is 0.0267. The third-order valence-electron chi connectivity index (χ3n) is 2.04. The molecule has 1 aliphatic rings. The first-order valence-electron chi connectivity index (χ1n) is 3.98. The van der Waals surface area contributed by atoms with Crippen LogP contribution in [0.15, 0.2) is 16.6 Å². The van der Waals surface area contributed by atoms with Gasteiger partial charge in [0, 0.05) is 10.9 Å². The molecule has 2 rings (SSSR count). The van der Waals surface area contributed by atoms with Crippen molar-refractivity contribution >= 4 is 27.5 Å². The number of carbonyl (C=O) groups excluding carboxylic acids is 1. The zero-order valence-corrected chi connectivity index (χ0v) is 8.39. The molecule has 0 saturated carbocycles. The summed E-state index contributed by atoms with van der Waals surface area (Å²) in [6.45, 7) is 0. The Morgan fingerprint density at radius 3 is 2.92 bits per heavy atom. The van der Waals surface area contributed by atoms with Gasteiger partial charge in [-0.15, -0.1) is 0 Å². The maximum Gasteiger partial charge on any atom is 0.224 e. The quantitative estimate of drug-likeness (QED) is 0.684. The molecule has 0 radical (unpaired) electrons. The number of aryl methyl sites for hydroxylation is 1. The van der Waals surface area contributed by atoms with Crippen LogP contribution in [-0.2, 0) is 11.2 Å². The van der Waals surface area contributed by atoms with Gasteiger partial charge < -0.3 is 10.4 Å². The number of nitrogens with one attached hydrogen (secondary N) is 1. The van der Waals surface area contributed by atoms with Gasteiger partial charge >= 0.3 is 0 Å². The van der Waals surface area contributed by atoms with Crippen LogP contribution in [0.25, 0.3) is 0 Å². The number of carbonyl (C=O) groups is 1. The number of halogens is 1. The summed E-state index contributed by atoms with van der Waals surface area (Å²) in [5.74, 6) is 0.251. The summed E-state index contributed by atoms with van der Waals surface area (Å²) < 4.78 is 0.732. The number of phenols is 1. The van der Waals surface area contributed by atoms with Crippen LogP contribution < -0.4 is 5.32 Å². The summed E-state index contributed by atoms with van der Waals surface area (Å²) in [6, 6.07) is 3.25. The molecular weight excluding hydrogens is 234 g/mol. The topological polar surface area (TPSA) is 49.3 Å². The number of fused-ring (bicyclic) bond motifs is 1. The largest absolute Gasteiger partial charge is 0.508 e. The van der Waals surface area contributed by atoms with Crippen LogP contribution in [0.3, 0.4) is 0 Å². The van der Waals surface area contributed by atoms with Gasteiger partial charge in [0.2, 0.25) is 5.91 Å². The van der Waals surface area contributed by atoms with E-state index in [9.17, 15) is 9.90 Å². The maximum absolute atomic E-state index is 11.1. The number of rotatable bonds is 0. The Labute approximate surface area is 83.9 Å². The predicted molar refractivity (Wildman–Crippen MR) is 52.8 cm³/mol. The first-order chi connectivity index (χ1) is 6.16. The minimum absolute atomic E-state index is 0.0267. The highest BCUT2D eigenvalue weighted by Gasteiger charge is 2.17. The molecule has 1 aliphatic heterocycles. The average Bonchev–Trinajstić information content (AvgIpc) is 2.06. The summed E-state index contributed by atoms with van der Waals surface area (Å²) in [4.78, 5) is 11.1. The molecule has 0 atom stereocenters. The van der Waals surface area contributed by atoms with Crippen molar-refractivity contribution in [2.75, 3.05) is 5.32 Å². The van der Waals surface area contributed by atoms with E-state index in [1.165, 1.54) is 0 Å². The van der Waals surface area contributed by atoms with Crippen molar-refractivity contribution in [3.05, 3.63) is 22.2 Å². The number of benzene rings is 1. The van der Waals surface area contributed by atoms with Crippen molar-refractivity contribution in [3.63, 3.8) is 0 Å². The molecule has 0 unspecified atom stereocenters. The highest BCUT2D eigenvalue weighted by Crippen LogP contribution is 2.34. The van der Waals surface area contributed by atoms with E-state index in [-0.39, 0.29) is 11.7 Å². The molecule has 68 valence electrons. The monoisotopic (exact) mass is 241 g/mol. The lowest BCUT2D eigenvalue weighted by Crippen LogP contribution is -2.19. The lowest BCUT2D eigenvalue weighted by Gasteiger charge is -2.18. The van der Waals surface area contributed by atoms with Crippen molar-refractivity contribution in [2.45, 2.75) is 12.8 Å². The zero-order chi connectivity index (χ0) is 9.42. The number of amides is 1. The number of phenolic OH excluding ortho intramolecular Hbond substituents is 1. The van der Waals surface area contributed by atoms with Crippen LogP contribution in [0, 0.1) is 0 Å². The second-order valence-corrected chi connectivity index (χ2v) is 3.86. The fourth-order valence-electron chi connectivity index (χ4n) is 1.44. The number of anilines is 1. The van der Waals surface area contributed by atoms with Crippen LogP contribution in [0.4, 0.5) is 5.69 Å². The summed E-state index contributed by atoms with van der Waals surface area (Å²) in [5, 5.41) is 12.1. The van der Waals surface area contributed by atoms with Crippen molar-refractivity contribution < 1.29 is 9.90 Å². The van der Waals surface area contributed by atoms with Gasteiger partial charge in [-0.05, 0) is 40.0 Å². The normalized spacial score (nSPS) is 15.0. The molecule has 13 heavy (non-hydrogen) atoms. The molecule has 0 fully saturated rings. The van der Waals surface area contributed by atoms with E-state index in [1.54, 1.807) is 12.1 Å². The third-order valence-corrected chi connectivity index (χ3v) is 2.67. The molecule has 1 amide bonds. The Balaban J connectivity index is 2.53. The standard InChI is InChI=1S/C9H8BrNO2/c10-7-4-6(12)3-5-1-2-8(13)11-9(5)7/h3-4,12H,1-2H2,(H,11,13). The van der Waals surface area contributed by atoms with Crippen LogP contribution in [0.5, 0.6) is 5.75 Å². The smallest absolute Gasteiger partial charge is 0.224 e. The summed E-state index contributed by atoms with van der Waals surface area (Å²) in [5.41, 5.74) is 1.76. The van der Waals surface area contributed by atoms with E-state index >= 15 is 0 Å². The number of hydrogen-bond donors (Lipinski definition) is 2. The number of hydrogen-bond acceptors (Lipinski definition) is 2. The van der Waals surface area contributed by atoms with Crippen LogP contribution in [-0.4, -0.2) is 11.0 Å². The Morgan fingerprint density at radius 2 is 2.15 bits per heavy atom. The molecule has 0 saturated heterocycles. The van der Waals surface area contributed by atoms with Gasteiger partial charge in [0.05, 0.1) is 5.69 Å². The molecular formula is C9H8BrNO2. The molecule has 0 spiro atoms. The van der Waals surface area contributed by atoms with Crippen molar-refractivity contribution in [2.24, 2.45) is 0 Å². The molecule has 1 heterocycles. The van der Waals surface area contributed by atoms with Crippen LogP contribution >= 0.6 is 15.9 Å². The van der Waals surface area contributed by atoms with Crippen LogP contribution in [0.1, 0.15) is 12.0 Å². The summed E-state index contributed by atoms with van der Waals surface area (Å²) >= 11 is 3.29. The fourth-order valence-corrected chi connectivity index (χ4v) is 2.02. The van der Waals surface area contributed by atoms with E-state index in [4.69, 9.17) is 0 Å². The maximum atomic E-state index is 11.1. The van der Waals surface area contributed by atoms with E-state index in [0.29, 0.717) is 12.8 Å². The van der Waals surface area contributed by atoms with Gasteiger partial charge in [-0.2, -0.15) is 0 Å². The fraction of sp³-hybridized carbons (Fsp3) is 0.222. The predicted octanol–water partition coefficient (Wildman–Crippen LogP) is 2.04. The lowest BCUT2D eigenvalue weighted by atomic mass is 10.0. The van der Waals surface area contributed by atoms with Gasteiger partial charge in [0.25, 0.3) is 0 Å². The summed E-state index contributed by atoms with van der Waals surface area (Å²) in [7, 11) is 0. The molecule has 1 aromatic rings. The molecule has 0 aliphatic carbocycles. The van der Waals surface area contributed by atoms with Crippen molar-refractivity contribution in [1.82, 2.24) is 0 Å². The highest BCUT2D eigenvalue weighted by atomic mass is 79.9. The highest BCUT2D eigenvalue weighted by molar-refractivity contribution is 9.10. The second kappa shape index (κ2) is 3.03. The van der Waals surface area contributed by atoms with E-state index in [0.717, 1.165) is 15.7 Å². The Kier molecular flexibility index (Phi) is 2.00. The summed E-state index contributed by atoms with van der Waals surface area (Å²) in [6.07, 6.45) is 1.18. The van der Waals surface area contributed by atoms with E-state index < -0.39 is 0 Å². The Morgan fingerprint density at radius 1 is 1.38 bits per heavy atom. The van der Waals surface area contributed by atoms with E-state index in [2.05, 4.69) is 21.2 Å². The first-order valence-corrected chi connectivity index (χ1v) is 4.77. The van der Waals surface area contributed by atoms with Gasteiger partial charge in [-0.3, -0.25) is 4.79 Å². The third kappa shape index (κ3) is 1.54. The average molecular weight is 242 g/mol. The Bertz CT molecular complexity index is 376. The van der Waals surface area contributed by atoms with Gasteiger partial charge in [0.15, 0.2) is 0 Å².